The highest BCUT2D eigenvalue weighted by Gasteiger charge is 2.23. The molecule has 1 aliphatic carbocycles. The molecule has 0 radical (unpaired) electrons. The lowest BCUT2D eigenvalue weighted by Crippen LogP contribution is -2.04. The molecule has 1 N–H and O–H groups in total. The lowest BCUT2D eigenvalue weighted by Gasteiger charge is -2.12. The van der Waals surface area contributed by atoms with E-state index in [1.54, 1.807) is 7.11 Å². The third-order valence-corrected chi connectivity index (χ3v) is 3.21. The Balaban J connectivity index is 2.04. The van der Waals surface area contributed by atoms with Crippen molar-refractivity contribution >= 4 is 0 Å². The van der Waals surface area contributed by atoms with Crippen molar-refractivity contribution < 1.29 is 9.84 Å². The van der Waals surface area contributed by atoms with Crippen molar-refractivity contribution in [3.63, 3.8) is 0 Å². The van der Waals surface area contributed by atoms with Crippen molar-refractivity contribution in [2.75, 3.05) is 7.11 Å². The molecule has 0 heterocycles. The van der Waals surface area contributed by atoms with Crippen molar-refractivity contribution in [3.8, 4) is 5.75 Å². The van der Waals surface area contributed by atoms with Gasteiger partial charge in [-0.25, -0.2) is 0 Å². The lowest BCUT2D eigenvalue weighted by atomic mass is 9.97. The molecular weight excluding hydrogens is 188 g/mol. The SMILES string of the molecule is COc1ccccc1CC1CCC(O)C1. The van der Waals surface area contributed by atoms with E-state index in [1.807, 2.05) is 18.2 Å². The van der Waals surface area contributed by atoms with Crippen LogP contribution in [-0.4, -0.2) is 18.3 Å². The fourth-order valence-electron chi connectivity index (χ4n) is 2.42. The van der Waals surface area contributed by atoms with Crippen LogP contribution in [0.3, 0.4) is 0 Å². The number of aliphatic hydroxyl groups is 1. The van der Waals surface area contributed by atoms with Gasteiger partial charge in [-0.3, -0.25) is 0 Å². The molecule has 0 bridgehead atoms. The molecule has 1 fully saturated rings. The summed E-state index contributed by atoms with van der Waals surface area (Å²) in [5, 5.41) is 9.47. The lowest BCUT2D eigenvalue weighted by molar-refractivity contribution is 0.177. The average molecular weight is 206 g/mol. The molecule has 0 aromatic heterocycles. The van der Waals surface area contributed by atoms with E-state index in [9.17, 15) is 5.11 Å². The van der Waals surface area contributed by atoms with Crippen LogP contribution < -0.4 is 4.74 Å². The van der Waals surface area contributed by atoms with Crippen molar-refractivity contribution in [3.05, 3.63) is 29.8 Å². The fraction of sp³-hybridized carbons (Fsp3) is 0.538. The molecular formula is C13H18O2. The van der Waals surface area contributed by atoms with Crippen molar-refractivity contribution in [1.29, 1.82) is 0 Å². The fourth-order valence-corrected chi connectivity index (χ4v) is 2.42. The maximum absolute atomic E-state index is 9.47. The van der Waals surface area contributed by atoms with Gasteiger partial charge in [-0.1, -0.05) is 18.2 Å². The Kier molecular flexibility index (Phi) is 3.27. The van der Waals surface area contributed by atoms with Gasteiger partial charge in [-0.2, -0.15) is 0 Å². The molecule has 1 aliphatic rings. The van der Waals surface area contributed by atoms with Gasteiger partial charge in [0.1, 0.15) is 5.75 Å². The molecule has 1 saturated carbocycles. The van der Waals surface area contributed by atoms with Gasteiger partial charge < -0.3 is 9.84 Å². The van der Waals surface area contributed by atoms with Gasteiger partial charge >= 0.3 is 0 Å². The van der Waals surface area contributed by atoms with Gasteiger partial charge in [0.25, 0.3) is 0 Å². The van der Waals surface area contributed by atoms with Crippen molar-refractivity contribution in [2.24, 2.45) is 5.92 Å². The van der Waals surface area contributed by atoms with Crippen LogP contribution >= 0.6 is 0 Å². The number of benzene rings is 1. The van der Waals surface area contributed by atoms with Crippen LogP contribution in [0.5, 0.6) is 5.75 Å². The molecule has 82 valence electrons. The standard InChI is InChI=1S/C13H18O2/c1-15-13-5-3-2-4-11(13)8-10-6-7-12(14)9-10/h2-5,10,12,14H,6-9H2,1H3. The topological polar surface area (TPSA) is 29.5 Å². The summed E-state index contributed by atoms with van der Waals surface area (Å²) in [4.78, 5) is 0. The molecule has 0 saturated heterocycles. The van der Waals surface area contributed by atoms with E-state index in [0.717, 1.165) is 31.4 Å². The second kappa shape index (κ2) is 4.67. The molecule has 2 unspecified atom stereocenters. The molecule has 2 heteroatoms. The second-order valence-corrected chi connectivity index (χ2v) is 4.35. The van der Waals surface area contributed by atoms with E-state index in [1.165, 1.54) is 5.56 Å². The highest BCUT2D eigenvalue weighted by atomic mass is 16.5. The Bertz CT molecular complexity index is 322. The Morgan fingerprint density at radius 3 is 2.80 bits per heavy atom. The summed E-state index contributed by atoms with van der Waals surface area (Å²) >= 11 is 0. The molecule has 0 aliphatic heterocycles. The number of rotatable bonds is 3. The Hall–Kier alpha value is -1.02. The molecule has 1 aromatic rings. The van der Waals surface area contributed by atoms with E-state index in [0.29, 0.717) is 5.92 Å². The third kappa shape index (κ3) is 2.51. The zero-order valence-corrected chi connectivity index (χ0v) is 9.15. The van der Waals surface area contributed by atoms with Gasteiger partial charge in [0.05, 0.1) is 13.2 Å². The first-order chi connectivity index (χ1) is 7.29. The minimum Gasteiger partial charge on any atom is -0.496 e. The summed E-state index contributed by atoms with van der Waals surface area (Å²) < 4.78 is 5.32. The monoisotopic (exact) mass is 206 g/mol. The predicted octanol–water partition coefficient (Wildman–Crippen LogP) is 2.40. The normalized spacial score (nSPS) is 25.5. The van der Waals surface area contributed by atoms with E-state index >= 15 is 0 Å². The molecule has 0 amide bonds. The summed E-state index contributed by atoms with van der Waals surface area (Å²) in [6.07, 6.45) is 3.99. The van der Waals surface area contributed by atoms with Gasteiger partial charge in [0.2, 0.25) is 0 Å². The minimum atomic E-state index is -0.0790. The highest BCUT2D eigenvalue weighted by molar-refractivity contribution is 5.33. The smallest absolute Gasteiger partial charge is 0.122 e. The molecule has 2 nitrogen and oxygen atoms in total. The third-order valence-electron chi connectivity index (χ3n) is 3.21. The zero-order chi connectivity index (χ0) is 10.7. The molecule has 0 spiro atoms. The van der Waals surface area contributed by atoms with Crippen LogP contribution in [0.4, 0.5) is 0 Å². The van der Waals surface area contributed by atoms with Gasteiger partial charge in [-0.05, 0) is 43.2 Å². The maximum atomic E-state index is 9.47. The van der Waals surface area contributed by atoms with Crippen LogP contribution in [-0.2, 0) is 6.42 Å². The quantitative estimate of drug-likeness (QED) is 0.823. The molecule has 15 heavy (non-hydrogen) atoms. The average Bonchev–Trinajstić information content (AvgIpc) is 2.65. The minimum absolute atomic E-state index is 0.0790. The summed E-state index contributed by atoms with van der Waals surface area (Å²) in [7, 11) is 1.71. The summed E-state index contributed by atoms with van der Waals surface area (Å²) in [5.74, 6) is 1.59. The summed E-state index contributed by atoms with van der Waals surface area (Å²) in [6.45, 7) is 0. The van der Waals surface area contributed by atoms with E-state index in [2.05, 4.69) is 6.07 Å². The summed E-state index contributed by atoms with van der Waals surface area (Å²) in [5.41, 5.74) is 1.26. The van der Waals surface area contributed by atoms with Crippen LogP contribution in [0.1, 0.15) is 24.8 Å². The predicted molar refractivity (Wildman–Crippen MR) is 60.0 cm³/mol. The number of hydrogen-bond donors (Lipinski definition) is 1. The van der Waals surface area contributed by atoms with Crippen LogP contribution in [0, 0.1) is 5.92 Å². The first kappa shape index (κ1) is 10.5. The van der Waals surface area contributed by atoms with Crippen molar-refractivity contribution in [1.82, 2.24) is 0 Å². The number of ether oxygens (including phenoxy) is 1. The Morgan fingerprint density at radius 2 is 2.13 bits per heavy atom. The second-order valence-electron chi connectivity index (χ2n) is 4.35. The number of aliphatic hydroxyl groups excluding tert-OH is 1. The first-order valence-electron chi connectivity index (χ1n) is 5.59. The van der Waals surface area contributed by atoms with E-state index in [4.69, 9.17) is 4.74 Å². The van der Waals surface area contributed by atoms with E-state index in [-0.39, 0.29) is 6.10 Å². The Morgan fingerprint density at radius 1 is 1.33 bits per heavy atom. The van der Waals surface area contributed by atoms with Crippen molar-refractivity contribution in [2.45, 2.75) is 31.8 Å². The summed E-state index contributed by atoms with van der Waals surface area (Å²) in [6, 6.07) is 8.15. The Labute approximate surface area is 90.9 Å². The largest absolute Gasteiger partial charge is 0.496 e. The number of para-hydroxylation sites is 1. The van der Waals surface area contributed by atoms with Gasteiger partial charge in [-0.15, -0.1) is 0 Å². The highest BCUT2D eigenvalue weighted by Crippen LogP contribution is 2.31. The molecule has 2 rings (SSSR count). The molecule has 1 aromatic carbocycles. The van der Waals surface area contributed by atoms with Crippen LogP contribution in [0.2, 0.25) is 0 Å². The first-order valence-corrected chi connectivity index (χ1v) is 5.59. The zero-order valence-electron chi connectivity index (χ0n) is 9.15. The van der Waals surface area contributed by atoms with Crippen LogP contribution in [0.15, 0.2) is 24.3 Å². The number of hydrogen-bond acceptors (Lipinski definition) is 2. The van der Waals surface area contributed by atoms with Gasteiger partial charge in [0.15, 0.2) is 0 Å². The molecule has 2 atom stereocenters. The van der Waals surface area contributed by atoms with Crippen LogP contribution in [0.25, 0.3) is 0 Å². The van der Waals surface area contributed by atoms with Gasteiger partial charge in [0, 0.05) is 0 Å². The number of methoxy groups -OCH3 is 1. The van der Waals surface area contributed by atoms with E-state index < -0.39 is 0 Å². The maximum Gasteiger partial charge on any atom is 0.122 e.